The predicted molar refractivity (Wildman–Crippen MR) is 86.8 cm³/mol. The zero-order valence-corrected chi connectivity index (χ0v) is 14.3. The third kappa shape index (κ3) is 3.28. The van der Waals surface area contributed by atoms with E-state index in [9.17, 15) is 14.9 Å². The molecule has 0 bridgehead atoms. The second-order valence-electron chi connectivity index (χ2n) is 4.74. The van der Waals surface area contributed by atoms with Crippen LogP contribution in [0.15, 0.2) is 22.7 Å². The Morgan fingerprint density at radius 1 is 1.38 bits per heavy atom. The van der Waals surface area contributed by atoms with Gasteiger partial charge in [-0.25, -0.2) is 0 Å². The summed E-state index contributed by atoms with van der Waals surface area (Å²) in [6, 6.07) is 6.44. The Labute approximate surface area is 147 Å². The Morgan fingerprint density at radius 2 is 2.00 bits per heavy atom. The van der Waals surface area contributed by atoms with Crippen molar-refractivity contribution in [3.63, 3.8) is 0 Å². The molecule has 2 rings (SSSR count). The van der Waals surface area contributed by atoms with Crippen LogP contribution < -0.4 is 0 Å². The molecule has 0 radical (unpaired) electrons. The van der Waals surface area contributed by atoms with Crippen molar-refractivity contribution >= 4 is 35.0 Å². The average molecular weight is 367 g/mol. The maximum absolute atomic E-state index is 12.7. The fourth-order valence-corrected chi connectivity index (χ4v) is 2.72. The molecule has 1 aromatic carbocycles. The van der Waals surface area contributed by atoms with Crippen molar-refractivity contribution in [1.29, 1.82) is 5.26 Å². The molecule has 0 saturated carbocycles. The molecule has 2 aromatic rings. The molecule has 6 nitrogen and oxygen atoms in total. The van der Waals surface area contributed by atoms with Gasteiger partial charge in [-0.3, -0.25) is 9.59 Å². The number of esters is 1. The Morgan fingerprint density at radius 3 is 2.54 bits per heavy atom. The second-order valence-corrected chi connectivity index (χ2v) is 5.55. The molecule has 0 aliphatic heterocycles. The van der Waals surface area contributed by atoms with E-state index < -0.39 is 17.7 Å². The standard InChI is InChI=1S/C16H12Cl2N2O4/c1-3-23-16(22)9(7-19)15(21)12-8(2)24-20-14(12)13-10(17)5-4-6-11(13)18/h4-6,9H,3H2,1-2H3. The number of benzene rings is 1. The summed E-state index contributed by atoms with van der Waals surface area (Å²) >= 11 is 12.3. The number of nitrogens with zero attached hydrogens (tertiary/aromatic N) is 2. The summed E-state index contributed by atoms with van der Waals surface area (Å²) in [5.41, 5.74) is 0.351. The Bertz CT molecular complexity index is 819. The predicted octanol–water partition coefficient (Wildman–Crippen LogP) is 3.84. The summed E-state index contributed by atoms with van der Waals surface area (Å²) in [6.45, 7) is 3.13. The quantitative estimate of drug-likeness (QED) is 0.453. The minimum Gasteiger partial charge on any atom is -0.465 e. The van der Waals surface area contributed by atoms with Crippen LogP contribution in [-0.2, 0) is 9.53 Å². The summed E-state index contributed by atoms with van der Waals surface area (Å²) in [4.78, 5) is 24.5. The Hall–Kier alpha value is -2.36. The van der Waals surface area contributed by atoms with Crippen molar-refractivity contribution < 1.29 is 18.8 Å². The van der Waals surface area contributed by atoms with Crippen LogP contribution in [0.2, 0.25) is 10.0 Å². The highest BCUT2D eigenvalue weighted by molar-refractivity contribution is 6.39. The van der Waals surface area contributed by atoms with Crippen LogP contribution >= 0.6 is 23.2 Å². The molecule has 1 aromatic heterocycles. The van der Waals surface area contributed by atoms with E-state index in [1.807, 2.05) is 0 Å². The normalized spacial score (nSPS) is 11.6. The number of aromatic nitrogens is 1. The first kappa shape index (κ1) is 18.0. The highest BCUT2D eigenvalue weighted by atomic mass is 35.5. The van der Waals surface area contributed by atoms with Crippen LogP contribution in [-0.4, -0.2) is 23.5 Å². The highest BCUT2D eigenvalue weighted by Crippen LogP contribution is 2.37. The van der Waals surface area contributed by atoms with Gasteiger partial charge in [-0.05, 0) is 26.0 Å². The molecular weight excluding hydrogens is 355 g/mol. The van der Waals surface area contributed by atoms with Gasteiger partial charge in [0.15, 0.2) is 5.78 Å². The maximum atomic E-state index is 12.7. The minimum absolute atomic E-state index is 0.0235. The van der Waals surface area contributed by atoms with Crippen LogP contribution in [0, 0.1) is 24.2 Å². The largest absolute Gasteiger partial charge is 0.465 e. The zero-order valence-electron chi connectivity index (χ0n) is 12.8. The van der Waals surface area contributed by atoms with Crippen molar-refractivity contribution in [3.05, 3.63) is 39.6 Å². The Kier molecular flexibility index (Phi) is 5.60. The second kappa shape index (κ2) is 7.47. The molecule has 1 heterocycles. The van der Waals surface area contributed by atoms with Crippen LogP contribution in [0.5, 0.6) is 0 Å². The van der Waals surface area contributed by atoms with Crippen LogP contribution in [0.25, 0.3) is 11.3 Å². The first-order chi connectivity index (χ1) is 11.4. The van der Waals surface area contributed by atoms with E-state index in [-0.39, 0.29) is 33.7 Å². The molecule has 0 N–H and O–H groups in total. The molecule has 124 valence electrons. The number of hydrogen-bond donors (Lipinski definition) is 0. The van der Waals surface area contributed by atoms with Crippen molar-refractivity contribution in [2.24, 2.45) is 5.92 Å². The van der Waals surface area contributed by atoms with Gasteiger partial charge in [0.05, 0.1) is 28.3 Å². The summed E-state index contributed by atoms with van der Waals surface area (Å²) in [7, 11) is 0. The number of ether oxygens (including phenoxy) is 1. The van der Waals surface area contributed by atoms with E-state index in [4.69, 9.17) is 32.5 Å². The summed E-state index contributed by atoms with van der Waals surface area (Å²) < 4.78 is 9.83. The molecule has 0 amide bonds. The first-order valence-electron chi connectivity index (χ1n) is 6.93. The third-order valence-electron chi connectivity index (χ3n) is 3.22. The van der Waals surface area contributed by atoms with Gasteiger partial charge in [-0.15, -0.1) is 0 Å². The van der Waals surface area contributed by atoms with Crippen LogP contribution in [0.1, 0.15) is 23.0 Å². The number of ketones is 1. The summed E-state index contributed by atoms with van der Waals surface area (Å²) in [6.07, 6.45) is 0. The summed E-state index contributed by atoms with van der Waals surface area (Å²) in [5, 5.41) is 13.5. The van der Waals surface area contributed by atoms with Gasteiger partial charge >= 0.3 is 5.97 Å². The number of Topliss-reactive ketones (excluding diaryl/α,β-unsaturated/α-hetero) is 1. The van der Waals surface area contributed by atoms with Crippen LogP contribution in [0.3, 0.4) is 0 Å². The molecular formula is C16H12Cl2N2O4. The number of carbonyl (C=O) groups is 2. The van der Waals surface area contributed by atoms with Crippen molar-refractivity contribution in [3.8, 4) is 17.3 Å². The number of rotatable bonds is 5. The van der Waals surface area contributed by atoms with E-state index >= 15 is 0 Å². The molecule has 0 fully saturated rings. The van der Waals surface area contributed by atoms with Crippen molar-refractivity contribution in [2.75, 3.05) is 6.61 Å². The van der Waals surface area contributed by atoms with Gasteiger partial charge in [0.1, 0.15) is 11.5 Å². The fourth-order valence-electron chi connectivity index (χ4n) is 2.15. The molecule has 24 heavy (non-hydrogen) atoms. The van der Waals surface area contributed by atoms with Crippen molar-refractivity contribution in [2.45, 2.75) is 13.8 Å². The maximum Gasteiger partial charge on any atom is 0.331 e. The lowest BCUT2D eigenvalue weighted by molar-refractivity contribution is -0.144. The minimum atomic E-state index is -1.62. The molecule has 0 saturated heterocycles. The highest BCUT2D eigenvalue weighted by Gasteiger charge is 2.35. The van der Waals surface area contributed by atoms with Gasteiger partial charge in [0.25, 0.3) is 0 Å². The fraction of sp³-hybridized carbons (Fsp3) is 0.250. The SMILES string of the molecule is CCOC(=O)C(C#N)C(=O)c1c(-c2c(Cl)cccc2Cl)noc1C. The lowest BCUT2D eigenvalue weighted by atomic mass is 9.95. The lowest BCUT2D eigenvalue weighted by Gasteiger charge is -2.09. The zero-order chi connectivity index (χ0) is 17.9. The van der Waals surface area contributed by atoms with Crippen LogP contribution in [0.4, 0.5) is 0 Å². The number of halogens is 2. The van der Waals surface area contributed by atoms with E-state index in [1.165, 1.54) is 6.92 Å². The number of nitriles is 1. The van der Waals surface area contributed by atoms with E-state index in [1.54, 1.807) is 31.2 Å². The van der Waals surface area contributed by atoms with Gasteiger partial charge in [-0.2, -0.15) is 5.26 Å². The Balaban J connectivity index is 2.57. The van der Waals surface area contributed by atoms with Gasteiger partial charge in [0.2, 0.25) is 5.92 Å². The molecule has 1 unspecified atom stereocenters. The summed E-state index contributed by atoms with van der Waals surface area (Å²) in [5.74, 6) is -3.18. The average Bonchev–Trinajstić information content (AvgIpc) is 2.89. The number of aryl methyl sites for hydroxylation is 1. The topological polar surface area (TPSA) is 93.2 Å². The molecule has 0 aliphatic carbocycles. The third-order valence-corrected chi connectivity index (χ3v) is 3.85. The van der Waals surface area contributed by atoms with Gasteiger partial charge < -0.3 is 9.26 Å². The monoisotopic (exact) mass is 366 g/mol. The number of carbonyl (C=O) groups excluding carboxylic acids is 2. The van der Waals surface area contributed by atoms with E-state index in [0.29, 0.717) is 5.56 Å². The lowest BCUT2D eigenvalue weighted by Crippen LogP contribution is -2.25. The molecule has 0 spiro atoms. The molecule has 1 atom stereocenters. The molecule has 0 aliphatic rings. The smallest absolute Gasteiger partial charge is 0.331 e. The van der Waals surface area contributed by atoms with Gasteiger partial charge in [-0.1, -0.05) is 34.4 Å². The molecule has 8 heteroatoms. The van der Waals surface area contributed by atoms with E-state index in [2.05, 4.69) is 5.16 Å². The van der Waals surface area contributed by atoms with E-state index in [0.717, 1.165) is 0 Å². The van der Waals surface area contributed by atoms with Crippen molar-refractivity contribution in [1.82, 2.24) is 5.16 Å². The van der Waals surface area contributed by atoms with Gasteiger partial charge in [0, 0.05) is 5.56 Å². The first-order valence-corrected chi connectivity index (χ1v) is 7.69. The number of hydrogen-bond acceptors (Lipinski definition) is 6.